The maximum atomic E-state index is 12.1. The van der Waals surface area contributed by atoms with Crippen LogP contribution in [0.2, 0.25) is 0 Å². The zero-order chi connectivity index (χ0) is 17.5. The Labute approximate surface area is 144 Å². The van der Waals surface area contributed by atoms with Crippen LogP contribution in [0.15, 0.2) is 29.3 Å². The monoisotopic (exact) mass is 349 g/mol. The molecule has 1 heterocycles. The number of hydrogen-bond donors (Lipinski definition) is 2. The van der Waals surface area contributed by atoms with E-state index >= 15 is 0 Å². The number of ether oxygens (including phenoxy) is 1. The van der Waals surface area contributed by atoms with Gasteiger partial charge in [-0.3, -0.25) is 19.4 Å². The second-order valence-corrected chi connectivity index (χ2v) is 6.36. The average Bonchev–Trinajstić information content (AvgIpc) is 2.87. The first-order valence-electron chi connectivity index (χ1n) is 7.41. The van der Waals surface area contributed by atoms with Crippen LogP contribution in [0.5, 0.6) is 0 Å². The Morgan fingerprint density at radius 1 is 1.42 bits per heavy atom. The van der Waals surface area contributed by atoms with Crippen LogP contribution in [0.4, 0.5) is 5.69 Å². The maximum Gasteiger partial charge on any atom is 0.240 e. The maximum absolute atomic E-state index is 12.1. The van der Waals surface area contributed by atoms with Crippen LogP contribution >= 0.6 is 11.8 Å². The van der Waals surface area contributed by atoms with Crippen molar-refractivity contribution in [3.63, 3.8) is 0 Å². The number of nitrogens with zero attached hydrogens (tertiary/aromatic N) is 1. The average molecular weight is 349 g/mol. The highest BCUT2D eigenvalue weighted by atomic mass is 32.2. The first-order chi connectivity index (χ1) is 11.5. The lowest BCUT2D eigenvalue weighted by Crippen LogP contribution is -2.28. The lowest BCUT2D eigenvalue weighted by atomic mass is 10.1. The number of Topliss-reactive ketones (excluding diaryl/α,β-unsaturated/α-hetero) is 1. The number of amides is 2. The molecule has 1 saturated heterocycles. The van der Waals surface area contributed by atoms with Crippen LogP contribution in [0.3, 0.4) is 0 Å². The summed E-state index contributed by atoms with van der Waals surface area (Å²) >= 11 is 1.23. The summed E-state index contributed by atoms with van der Waals surface area (Å²) in [6, 6.07) is 6.69. The van der Waals surface area contributed by atoms with Gasteiger partial charge in [-0.1, -0.05) is 23.9 Å². The summed E-state index contributed by atoms with van der Waals surface area (Å²) in [5.74, 6) is -0.598. The molecule has 0 aromatic heterocycles. The predicted octanol–water partition coefficient (Wildman–Crippen LogP) is 1.45. The van der Waals surface area contributed by atoms with Crippen LogP contribution in [0.25, 0.3) is 0 Å². The largest absolute Gasteiger partial charge is 0.383 e. The van der Waals surface area contributed by atoms with Crippen molar-refractivity contribution in [1.82, 2.24) is 5.32 Å². The van der Waals surface area contributed by atoms with Gasteiger partial charge >= 0.3 is 0 Å². The number of rotatable bonds is 7. The van der Waals surface area contributed by atoms with E-state index in [0.717, 1.165) is 0 Å². The first kappa shape index (κ1) is 18.2. The smallest absolute Gasteiger partial charge is 0.240 e. The molecule has 0 aliphatic carbocycles. The number of ketones is 1. The normalized spacial score (nSPS) is 18.5. The van der Waals surface area contributed by atoms with Gasteiger partial charge in [0, 0.05) is 24.8 Å². The molecule has 8 heteroatoms. The van der Waals surface area contributed by atoms with E-state index in [-0.39, 0.29) is 24.0 Å². The lowest BCUT2D eigenvalue weighted by Gasteiger charge is -2.08. The summed E-state index contributed by atoms with van der Waals surface area (Å²) in [6.07, 6.45) is 0.0318. The van der Waals surface area contributed by atoms with Crippen LogP contribution in [0, 0.1) is 0 Å². The second-order valence-electron chi connectivity index (χ2n) is 5.16. The third-order valence-corrected chi connectivity index (χ3v) is 4.37. The van der Waals surface area contributed by atoms with Gasteiger partial charge in [0.15, 0.2) is 11.0 Å². The van der Waals surface area contributed by atoms with E-state index < -0.39 is 5.25 Å². The van der Waals surface area contributed by atoms with Crippen molar-refractivity contribution in [2.24, 2.45) is 4.99 Å². The van der Waals surface area contributed by atoms with Crippen molar-refractivity contribution >= 4 is 40.2 Å². The molecule has 1 fully saturated rings. The molecule has 1 aliphatic rings. The van der Waals surface area contributed by atoms with Crippen LogP contribution in [0.1, 0.15) is 23.7 Å². The van der Waals surface area contributed by atoms with E-state index in [0.29, 0.717) is 29.6 Å². The molecule has 2 rings (SSSR count). The highest BCUT2D eigenvalue weighted by Crippen LogP contribution is 2.23. The van der Waals surface area contributed by atoms with E-state index in [1.54, 1.807) is 31.4 Å². The molecular formula is C16H19N3O4S. The summed E-state index contributed by atoms with van der Waals surface area (Å²) in [6.45, 7) is 2.39. The van der Waals surface area contributed by atoms with E-state index in [4.69, 9.17) is 4.74 Å². The van der Waals surface area contributed by atoms with Gasteiger partial charge in [0.25, 0.3) is 0 Å². The molecule has 128 valence electrons. The standard InChI is InChI=1S/C16H19N3O4S/c1-10(20)11-4-3-5-12(8-11)18-14(21)9-13-15(22)19-16(24-13)17-6-7-23-2/h3-5,8,13H,6-7,9H2,1-2H3,(H,18,21)(H,17,19,22). The number of thioether (sulfide) groups is 1. The Morgan fingerprint density at radius 3 is 2.92 bits per heavy atom. The number of carbonyl (C=O) groups is 3. The molecule has 1 aromatic rings. The van der Waals surface area contributed by atoms with Gasteiger partial charge in [-0.05, 0) is 19.1 Å². The molecule has 0 radical (unpaired) electrons. The number of carbonyl (C=O) groups excluding carboxylic acids is 3. The van der Waals surface area contributed by atoms with Crippen molar-refractivity contribution in [2.45, 2.75) is 18.6 Å². The van der Waals surface area contributed by atoms with E-state index in [1.807, 2.05) is 0 Å². The summed E-state index contributed by atoms with van der Waals surface area (Å²) in [5, 5.41) is 5.35. The molecule has 2 amide bonds. The number of amidine groups is 1. The minimum absolute atomic E-state index is 0.0318. The fourth-order valence-electron chi connectivity index (χ4n) is 2.05. The molecule has 1 unspecified atom stereocenters. The van der Waals surface area contributed by atoms with Crippen LogP contribution in [-0.2, 0) is 14.3 Å². The van der Waals surface area contributed by atoms with Crippen molar-refractivity contribution in [3.05, 3.63) is 29.8 Å². The fraction of sp³-hybridized carbons (Fsp3) is 0.375. The van der Waals surface area contributed by atoms with E-state index in [9.17, 15) is 14.4 Å². The lowest BCUT2D eigenvalue weighted by molar-refractivity contribution is -0.122. The van der Waals surface area contributed by atoms with Crippen LogP contribution < -0.4 is 10.6 Å². The molecule has 7 nitrogen and oxygen atoms in total. The zero-order valence-corrected chi connectivity index (χ0v) is 14.3. The second kappa shape index (κ2) is 8.60. The minimum atomic E-state index is -0.512. The molecule has 24 heavy (non-hydrogen) atoms. The van der Waals surface area contributed by atoms with Crippen molar-refractivity contribution < 1.29 is 19.1 Å². The van der Waals surface area contributed by atoms with Crippen LogP contribution in [-0.4, -0.2) is 48.3 Å². The van der Waals surface area contributed by atoms with Gasteiger partial charge in [0.05, 0.1) is 13.2 Å². The molecule has 2 N–H and O–H groups in total. The van der Waals surface area contributed by atoms with Gasteiger partial charge < -0.3 is 15.4 Å². The highest BCUT2D eigenvalue weighted by molar-refractivity contribution is 8.15. The Hall–Kier alpha value is -2.19. The van der Waals surface area contributed by atoms with Gasteiger partial charge in [-0.25, -0.2) is 0 Å². The summed E-state index contributed by atoms with van der Waals surface area (Å²) in [4.78, 5) is 39.5. The Bertz CT molecular complexity index is 675. The van der Waals surface area contributed by atoms with E-state index in [2.05, 4.69) is 15.6 Å². The molecule has 1 aromatic carbocycles. The summed E-state index contributed by atoms with van der Waals surface area (Å²) in [7, 11) is 1.58. The highest BCUT2D eigenvalue weighted by Gasteiger charge is 2.31. The third kappa shape index (κ3) is 5.17. The Kier molecular flexibility index (Phi) is 6.51. The summed E-state index contributed by atoms with van der Waals surface area (Å²) in [5.41, 5.74) is 1.05. The Morgan fingerprint density at radius 2 is 2.21 bits per heavy atom. The quantitative estimate of drug-likeness (QED) is 0.574. The molecule has 0 spiro atoms. The minimum Gasteiger partial charge on any atom is -0.383 e. The SMILES string of the molecule is COCCN=C1NC(=O)C(CC(=O)Nc2cccc(C(C)=O)c2)S1. The van der Waals surface area contributed by atoms with Crippen molar-refractivity contribution in [2.75, 3.05) is 25.6 Å². The number of benzene rings is 1. The summed E-state index contributed by atoms with van der Waals surface area (Å²) < 4.78 is 4.90. The van der Waals surface area contributed by atoms with Gasteiger partial charge in [0.1, 0.15) is 5.25 Å². The number of hydrogen-bond acceptors (Lipinski definition) is 6. The number of aliphatic imine (C=N–C) groups is 1. The number of nitrogens with one attached hydrogen (secondary N) is 2. The molecule has 1 atom stereocenters. The number of methoxy groups -OCH3 is 1. The number of anilines is 1. The van der Waals surface area contributed by atoms with Gasteiger partial charge in [0.2, 0.25) is 11.8 Å². The molecule has 1 aliphatic heterocycles. The molecule has 0 bridgehead atoms. The van der Waals surface area contributed by atoms with Crippen molar-refractivity contribution in [3.8, 4) is 0 Å². The first-order valence-corrected chi connectivity index (χ1v) is 8.29. The van der Waals surface area contributed by atoms with Gasteiger partial charge in [-0.15, -0.1) is 0 Å². The Balaban J connectivity index is 1.90. The van der Waals surface area contributed by atoms with E-state index in [1.165, 1.54) is 18.7 Å². The van der Waals surface area contributed by atoms with Crippen molar-refractivity contribution in [1.29, 1.82) is 0 Å². The topological polar surface area (TPSA) is 96.9 Å². The molecular weight excluding hydrogens is 330 g/mol. The fourth-order valence-corrected chi connectivity index (χ4v) is 3.05. The zero-order valence-electron chi connectivity index (χ0n) is 13.5. The third-order valence-electron chi connectivity index (χ3n) is 3.25. The van der Waals surface area contributed by atoms with Gasteiger partial charge in [-0.2, -0.15) is 0 Å². The predicted molar refractivity (Wildman–Crippen MR) is 93.4 cm³/mol. The molecule has 0 saturated carbocycles.